The summed E-state index contributed by atoms with van der Waals surface area (Å²) in [6.07, 6.45) is 0. The molecule has 2 N–H and O–H groups in total. The fraction of sp³-hybridized carbons (Fsp3) is 0.188. The van der Waals surface area contributed by atoms with E-state index in [-0.39, 0.29) is 0 Å². The second-order valence-electron chi connectivity index (χ2n) is 4.65. The monoisotopic (exact) mass is 370 g/mol. The molecular weight excluding hydrogens is 355 g/mol. The van der Waals surface area contributed by atoms with Crippen LogP contribution in [0.25, 0.3) is 0 Å². The molecule has 128 valence electrons. The van der Waals surface area contributed by atoms with E-state index in [1.807, 2.05) is 0 Å². The molecule has 0 aliphatic heterocycles. The van der Waals surface area contributed by atoms with Crippen molar-refractivity contribution in [3.05, 3.63) is 40.4 Å². The molecule has 0 aliphatic rings. The molecule has 0 saturated heterocycles. The van der Waals surface area contributed by atoms with Gasteiger partial charge in [0.05, 0.1) is 27.0 Å². The Hall–Kier alpha value is -2.31. The van der Waals surface area contributed by atoms with Gasteiger partial charge in [-0.3, -0.25) is 0 Å². The molecule has 24 heavy (non-hydrogen) atoms. The minimum absolute atomic E-state index is 0.422. The predicted octanol–water partition coefficient (Wildman–Crippen LogP) is 4.66. The van der Waals surface area contributed by atoms with Crippen LogP contribution in [0, 0.1) is 0 Å². The highest BCUT2D eigenvalue weighted by atomic mass is 35.5. The summed E-state index contributed by atoms with van der Waals surface area (Å²) in [6.45, 7) is 0. The van der Waals surface area contributed by atoms with Crippen LogP contribution in [0.3, 0.4) is 0 Å². The molecule has 0 radical (unpaired) electrons. The van der Waals surface area contributed by atoms with Gasteiger partial charge in [-0.05, 0) is 18.2 Å². The lowest BCUT2D eigenvalue weighted by Gasteiger charge is -2.15. The third-order valence-corrected chi connectivity index (χ3v) is 3.48. The summed E-state index contributed by atoms with van der Waals surface area (Å²) in [5, 5.41) is 6.17. The van der Waals surface area contributed by atoms with E-state index in [1.165, 1.54) is 21.3 Å². The van der Waals surface area contributed by atoms with E-state index in [0.29, 0.717) is 38.7 Å². The zero-order chi connectivity index (χ0) is 17.7. The van der Waals surface area contributed by atoms with E-state index in [4.69, 9.17) is 37.4 Å². The maximum Gasteiger partial charge on any atom is 0.323 e. The van der Waals surface area contributed by atoms with Gasteiger partial charge in [0.15, 0.2) is 11.5 Å². The van der Waals surface area contributed by atoms with Crippen LogP contribution in [-0.2, 0) is 0 Å². The van der Waals surface area contributed by atoms with E-state index in [1.54, 1.807) is 30.3 Å². The summed E-state index contributed by atoms with van der Waals surface area (Å²) >= 11 is 11.8. The lowest BCUT2D eigenvalue weighted by atomic mass is 10.2. The third kappa shape index (κ3) is 4.37. The van der Waals surface area contributed by atoms with Gasteiger partial charge in [-0.1, -0.05) is 23.2 Å². The van der Waals surface area contributed by atoms with Gasteiger partial charge in [-0.25, -0.2) is 4.79 Å². The number of ether oxygens (including phenoxy) is 3. The molecule has 0 aliphatic carbocycles. The maximum absolute atomic E-state index is 12.1. The van der Waals surface area contributed by atoms with Crippen LogP contribution in [0.4, 0.5) is 16.2 Å². The van der Waals surface area contributed by atoms with E-state index < -0.39 is 6.03 Å². The summed E-state index contributed by atoms with van der Waals surface area (Å²) in [7, 11) is 4.49. The largest absolute Gasteiger partial charge is 0.493 e. The summed E-state index contributed by atoms with van der Waals surface area (Å²) in [5.41, 5.74) is 0.938. The van der Waals surface area contributed by atoms with Crippen molar-refractivity contribution in [2.45, 2.75) is 0 Å². The Balaban J connectivity index is 2.19. The minimum Gasteiger partial charge on any atom is -0.493 e. The van der Waals surface area contributed by atoms with Crippen LogP contribution in [0.5, 0.6) is 17.2 Å². The lowest BCUT2D eigenvalue weighted by Crippen LogP contribution is -2.19. The third-order valence-electron chi connectivity index (χ3n) is 3.04. The Morgan fingerprint density at radius 3 is 1.67 bits per heavy atom. The molecule has 0 atom stereocenters. The molecule has 2 rings (SSSR count). The summed E-state index contributed by atoms with van der Waals surface area (Å²) < 4.78 is 15.7. The van der Waals surface area contributed by atoms with Crippen molar-refractivity contribution < 1.29 is 19.0 Å². The van der Waals surface area contributed by atoms with Gasteiger partial charge in [0.25, 0.3) is 0 Å². The fourth-order valence-corrected chi connectivity index (χ4v) is 2.60. The van der Waals surface area contributed by atoms with Gasteiger partial charge < -0.3 is 24.8 Å². The fourth-order valence-electron chi connectivity index (χ4n) is 2.07. The molecular formula is C16H16Cl2N2O4. The van der Waals surface area contributed by atoms with Crippen molar-refractivity contribution >= 4 is 40.6 Å². The van der Waals surface area contributed by atoms with Gasteiger partial charge >= 0.3 is 6.03 Å². The number of nitrogens with one attached hydrogen (secondary N) is 2. The Kier molecular flexibility index (Phi) is 6.00. The van der Waals surface area contributed by atoms with E-state index in [9.17, 15) is 4.79 Å². The average Bonchev–Trinajstić information content (AvgIpc) is 2.52. The number of hydrogen-bond donors (Lipinski definition) is 2. The first-order chi connectivity index (χ1) is 11.5. The van der Waals surface area contributed by atoms with Crippen LogP contribution in [0.1, 0.15) is 0 Å². The van der Waals surface area contributed by atoms with E-state index in [0.717, 1.165) is 0 Å². The number of benzene rings is 2. The number of carbonyl (C=O) groups is 1. The quantitative estimate of drug-likeness (QED) is 0.802. The van der Waals surface area contributed by atoms with Gasteiger partial charge in [0, 0.05) is 27.9 Å². The highest BCUT2D eigenvalue weighted by Gasteiger charge is 2.14. The van der Waals surface area contributed by atoms with Crippen molar-refractivity contribution in [2.75, 3.05) is 32.0 Å². The molecule has 0 heterocycles. The first-order valence-corrected chi connectivity index (χ1v) is 7.56. The van der Waals surface area contributed by atoms with Crippen molar-refractivity contribution in [1.82, 2.24) is 0 Å². The number of carbonyl (C=O) groups excluding carboxylic acids is 1. The minimum atomic E-state index is -0.470. The predicted molar refractivity (Wildman–Crippen MR) is 95.2 cm³/mol. The maximum atomic E-state index is 12.1. The van der Waals surface area contributed by atoms with Gasteiger partial charge in [-0.15, -0.1) is 0 Å². The normalized spacial score (nSPS) is 10.0. The SMILES string of the molecule is COc1cc(NC(=O)Nc2cc(Cl)cc(Cl)c2)cc(OC)c1OC. The van der Waals surface area contributed by atoms with Crippen LogP contribution in [0.15, 0.2) is 30.3 Å². The summed E-state index contributed by atoms with van der Waals surface area (Å²) in [5.74, 6) is 1.29. The molecule has 2 aromatic rings. The Labute approximate surface area is 149 Å². The van der Waals surface area contributed by atoms with Crippen LogP contribution in [0.2, 0.25) is 10.0 Å². The molecule has 8 heteroatoms. The van der Waals surface area contributed by atoms with Crippen LogP contribution < -0.4 is 24.8 Å². The number of rotatable bonds is 5. The van der Waals surface area contributed by atoms with Crippen molar-refractivity contribution in [3.8, 4) is 17.2 Å². The molecule has 0 aromatic heterocycles. The summed E-state index contributed by atoms with van der Waals surface area (Å²) in [6, 6.07) is 7.51. The van der Waals surface area contributed by atoms with Gasteiger partial charge in [0.1, 0.15) is 0 Å². The molecule has 2 aromatic carbocycles. The van der Waals surface area contributed by atoms with Crippen LogP contribution >= 0.6 is 23.2 Å². The molecule has 6 nitrogen and oxygen atoms in total. The van der Waals surface area contributed by atoms with E-state index in [2.05, 4.69) is 10.6 Å². The number of urea groups is 1. The molecule has 0 spiro atoms. The van der Waals surface area contributed by atoms with Gasteiger partial charge in [-0.2, -0.15) is 0 Å². The number of methoxy groups -OCH3 is 3. The number of hydrogen-bond acceptors (Lipinski definition) is 4. The zero-order valence-corrected chi connectivity index (χ0v) is 14.8. The molecule has 0 fully saturated rings. The second-order valence-corrected chi connectivity index (χ2v) is 5.52. The zero-order valence-electron chi connectivity index (χ0n) is 13.3. The van der Waals surface area contributed by atoms with Gasteiger partial charge in [0.2, 0.25) is 5.75 Å². The van der Waals surface area contributed by atoms with Crippen molar-refractivity contribution in [2.24, 2.45) is 0 Å². The number of anilines is 2. The van der Waals surface area contributed by atoms with Crippen molar-refractivity contribution in [3.63, 3.8) is 0 Å². The highest BCUT2D eigenvalue weighted by molar-refractivity contribution is 6.35. The standard InChI is InChI=1S/C16H16Cl2N2O4/c1-22-13-7-12(8-14(23-2)15(13)24-3)20-16(21)19-11-5-9(17)4-10(18)6-11/h4-8H,1-3H3,(H2,19,20,21). The first-order valence-electron chi connectivity index (χ1n) is 6.81. The topological polar surface area (TPSA) is 68.8 Å². The smallest absolute Gasteiger partial charge is 0.323 e. The Morgan fingerprint density at radius 2 is 1.25 bits per heavy atom. The Morgan fingerprint density at radius 1 is 0.792 bits per heavy atom. The second kappa shape index (κ2) is 7.99. The highest BCUT2D eigenvalue weighted by Crippen LogP contribution is 2.39. The number of halogens is 2. The molecule has 0 bridgehead atoms. The molecule has 0 unspecified atom stereocenters. The number of amides is 2. The molecule has 2 amide bonds. The first kappa shape index (κ1) is 18.0. The van der Waals surface area contributed by atoms with E-state index >= 15 is 0 Å². The van der Waals surface area contributed by atoms with Crippen molar-refractivity contribution in [1.29, 1.82) is 0 Å². The summed E-state index contributed by atoms with van der Waals surface area (Å²) in [4.78, 5) is 12.1. The molecule has 0 saturated carbocycles. The van der Waals surface area contributed by atoms with Crippen LogP contribution in [-0.4, -0.2) is 27.4 Å². The lowest BCUT2D eigenvalue weighted by molar-refractivity contribution is 0.262. The average molecular weight is 371 g/mol. The Bertz CT molecular complexity index is 708.